The topological polar surface area (TPSA) is 113 Å². The van der Waals surface area contributed by atoms with E-state index in [1.807, 2.05) is 0 Å². The van der Waals surface area contributed by atoms with Crippen LogP contribution in [0.2, 0.25) is 5.02 Å². The van der Waals surface area contributed by atoms with Gasteiger partial charge in [0.05, 0.1) is 12.0 Å². The molecule has 1 aliphatic rings. The lowest BCUT2D eigenvalue weighted by Crippen LogP contribution is -2.52. The fraction of sp³-hybridized carbons (Fsp3) is 0.143. The van der Waals surface area contributed by atoms with Crippen molar-refractivity contribution in [2.75, 3.05) is 0 Å². The third-order valence-electron chi connectivity index (χ3n) is 4.30. The molecule has 0 spiro atoms. The molecule has 1 aliphatic heterocycles. The summed E-state index contributed by atoms with van der Waals surface area (Å²) in [5, 5.41) is 23.1. The van der Waals surface area contributed by atoms with Gasteiger partial charge in [-0.3, -0.25) is 9.69 Å². The molecule has 1 atom stereocenters. The van der Waals surface area contributed by atoms with E-state index in [1.165, 1.54) is 6.08 Å². The smallest absolute Gasteiger partial charge is 0.278 e. The molecule has 0 fully saturated rings. The van der Waals surface area contributed by atoms with Gasteiger partial charge in [-0.25, -0.2) is 4.99 Å². The molecule has 2 aromatic carbocycles. The lowest BCUT2D eigenvalue weighted by molar-refractivity contribution is -0.311. The van der Waals surface area contributed by atoms with Gasteiger partial charge in [-0.05, 0) is 36.6 Å². The maximum Gasteiger partial charge on any atom is 0.278 e. The molecule has 2 aromatic rings. The molecule has 0 saturated carbocycles. The monoisotopic (exact) mass is 410 g/mol. The van der Waals surface area contributed by atoms with Gasteiger partial charge in [0, 0.05) is 16.6 Å². The molecule has 1 heterocycles. The van der Waals surface area contributed by atoms with Crippen molar-refractivity contribution in [2.45, 2.75) is 18.9 Å². The molecule has 7 nitrogen and oxygen atoms in total. The maximum absolute atomic E-state index is 13.0. The Morgan fingerprint density at radius 3 is 2.31 bits per heavy atom. The Morgan fingerprint density at radius 1 is 1.07 bits per heavy atom. The number of carboxylic acid groups (broad SMARTS) is 2. The molecule has 0 N–H and O–H groups in total. The van der Waals surface area contributed by atoms with E-state index in [-0.39, 0.29) is 18.0 Å². The normalized spacial score (nSPS) is 16.0. The van der Waals surface area contributed by atoms with E-state index in [1.54, 1.807) is 54.6 Å². The number of carbonyl (C=O) groups excluding carboxylic acids is 3. The van der Waals surface area contributed by atoms with Crippen LogP contribution < -0.4 is 10.2 Å². The summed E-state index contributed by atoms with van der Waals surface area (Å²) >= 11 is 5.87. The third kappa shape index (κ3) is 4.70. The molecular formula is C21H15ClN2O5-2. The zero-order chi connectivity index (χ0) is 21.0. The van der Waals surface area contributed by atoms with Gasteiger partial charge < -0.3 is 19.8 Å². The van der Waals surface area contributed by atoms with E-state index >= 15 is 0 Å². The van der Waals surface area contributed by atoms with Crippen LogP contribution in [0.4, 0.5) is 0 Å². The van der Waals surface area contributed by atoms with Gasteiger partial charge in [0.15, 0.2) is 0 Å². The molecule has 0 unspecified atom stereocenters. The van der Waals surface area contributed by atoms with Gasteiger partial charge in [-0.1, -0.05) is 54.1 Å². The van der Waals surface area contributed by atoms with Crippen molar-refractivity contribution in [1.82, 2.24) is 4.90 Å². The van der Waals surface area contributed by atoms with Crippen LogP contribution in [0.25, 0.3) is 6.08 Å². The molecular weight excluding hydrogens is 396 g/mol. The first-order valence-electron chi connectivity index (χ1n) is 8.72. The van der Waals surface area contributed by atoms with Gasteiger partial charge in [-0.2, -0.15) is 0 Å². The predicted octanol–water partition coefficient (Wildman–Crippen LogP) is 0.619. The van der Waals surface area contributed by atoms with Crippen LogP contribution >= 0.6 is 11.6 Å². The second-order valence-electron chi connectivity index (χ2n) is 6.30. The Labute approximate surface area is 171 Å². The van der Waals surface area contributed by atoms with Gasteiger partial charge in [0.1, 0.15) is 11.5 Å². The largest absolute Gasteiger partial charge is 0.550 e. The van der Waals surface area contributed by atoms with Crippen LogP contribution in [0.15, 0.2) is 65.3 Å². The first-order valence-corrected chi connectivity index (χ1v) is 9.10. The number of benzene rings is 2. The number of aliphatic imine (C=N–C) groups is 1. The number of hydrogen-bond donors (Lipinski definition) is 0. The lowest BCUT2D eigenvalue weighted by atomic mass is 10.1. The van der Waals surface area contributed by atoms with Crippen LogP contribution in [0.1, 0.15) is 24.0 Å². The minimum absolute atomic E-state index is 0.0193. The molecule has 1 amide bonds. The summed E-state index contributed by atoms with van der Waals surface area (Å²) in [6.07, 6.45) is 0.601. The maximum atomic E-state index is 13.0. The number of amides is 1. The predicted molar refractivity (Wildman–Crippen MR) is 102 cm³/mol. The van der Waals surface area contributed by atoms with E-state index in [2.05, 4.69) is 4.99 Å². The Hall–Kier alpha value is -3.45. The molecule has 3 rings (SSSR count). The summed E-state index contributed by atoms with van der Waals surface area (Å²) in [5.41, 5.74) is 1.18. The lowest BCUT2D eigenvalue weighted by Gasteiger charge is -2.29. The Balaban J connectivity index is 2.04. The highest BCUT2D eigenvalue weighted by Gasteiger charge is 2.36. The number of hydrogen-bond acceptors (Lipinski definition) is 6. The second-order valence-corrected chi connectivity index (χ2v) is 6.74. The van der Waals surface area contributed by atoms with Crippen molar-refractivity contribution in [3.8, 4) is 0 Å². The Bertz CT molecular complexity index is 999. The van der Waals surface area contributed by atoms with E-state index < -0.39 is 30.3 Å². The zero-order valence-electron chi connectivity index (χ0n) is 15.1. The van der Waals surface area contributed by atoms with Crippen LogP contribution in [-0.2, 0) is 14.4 Å². The highest BCUT2D eigenvalue weighted by atomic mass is 35.5. The van der Waals surface area contributed by atoms with Crippen LogP contribution in [0.5, 0.6) is 0 Å². The number of halogens is 1. The minimum atomic E-state index is -1.57. The molecule has 29 heavy (non-hydrogen) atoms. The number of carboxylic acids is 2. The minimum Gasteiger partial charge on any atom is -0.550 e. The summed E-state index contributed by atoms with van der Waals surface area (Å²) in [7, 11) is 0. The summed E-state index contributed by atoms with van der Waals surface area (Å²) in [4.78, 5) is 40.9. The van der Waals surface area contributed by atoms with Crippen molar-refractivity contribution in [1.29, 1.82) is 0 Å². The van der Waals surface area contributed by atoms with Gasteiger partial charge >= 0.3 is 0 Å². The van der Waals surface area contributed by atoms with Crippen molar-refractivity contribution < 1.29 is 24.6 Å². The highest BCUT2D eigenvalue weighted by molar-refractivity contribution is 6.30. The van der Waals surface area contributed by atoms with Crippen LogP contribution in [0, 0.1) is 0 Å². The number of rotatable bonds is 7. The first-order chi connectivity index (χ1) is 13.9. The number of amidine groups is 1. The molecule has 0 saturated heterocycles. The fourth-order valence-corrected chi connectivity index (χ4v) is 3.06. The summed E-state index contributed by atoms with van der Waals surface area (Å²) in [5.74, 6) is -3.54. The quantitative estimate of drug-likeness (QED) is 0.621. The van der Waals surface area contributed by atoms with Crippen molar-refractivity contribution in [2.24, 2.45) is 4.99 Å². The van der Waals surface area contributed by atoms with E-state index in [0.717, 1.165) is 4.90 Å². The fourth-order valence-electron chi connectivity index (χ4n) is 2.93. The van der Waals surface area contributed by atoms with Crippen LogP contribution in [-0.4, -0.2) is 34.6 Å². The Kier molecular flexibility index (Phi) is 6.09. The number of aliphatic carboxylic acids is 2. The van der Waals surface area contributed by atoms with Crippen molar-refractivity contribution >= 4 is 41.4 Å². The average Bonchev–Trinajstić information content (AvgIpc) is 3.00. The third-order valence-corrected chi connectivity index (χ3v) is 4.56. The second kappa shape index (κ2) is 8.70. The van der Waals surface area contributed by atoms with Crippen LogP contribution in [0.3, 0.4) is 0 Å². The van der Waals surface area contributed by atoms with Gasteiger partial charge in [0.2, 0.25) is 0 Å². The molecule has 0 radical (unpaired) electrons. The van der Waals surface area contributed by atoms with Gasteiger partial charge in [-0.15, -0.1) is 0 Å². The van der Waals surface area contributed by atoms with E-state index in [0.29, 0.717) is 16.1 Å². The first kappa shape index (κ1) is 20.3. The SMILES string of the molecule is O=C([O-])CC[C@H](C(=O)[O-])N1C(=O)/C(=C/c2ccc(Cl)cc2)N=C1c1ccccc1. The molecule has 148 valence electrons. The number of carbonyl (C=O) groups is 3. The van der Waals surface area contributed by atoms with Crippen molar-refractivity contribution in [3.05, 3.63) is 76.4 Å². The van der Waals surface area contributed by atoms with Gasteiger partial charge in [0.25, 0.3) is 5.91 Å². The van der Waals surface area contributed by atoms with Crippen molar-refractivity contribution in [3.63, 3.8) is 0 Å². The molecule has 8 heteroatoms. The van der Waals surface area contributed by atoms with E-state index in [9.17, 15) is 24.6 Å². The number of nitrogens with zero attached hydrogens (tertiary/aromatic N) is 2. The molecule has 0 aliphatic carbocycles. The molecule has 0 bridgehead atoms. The standard InChI is InChI=1S/C21H17ClN2O5/c22-15-8-6-13(7-9-15)12-16-20(27)24(17(21(28)29)10-11-18(25)26)19(23-16)14-4-2-1-3-5-14/h1-9,12,17H,10-11H2,(H,25,26)(H,28,29)/p-2/b16-12-/t17-/m1/s1. The summed E-state index contributed by atoms with van der Waals surface area (Å²) in [6, 6.07) is 13.7. The average molecular weight is 411 g/mol. The Morgan fingerprint density at radius 2 is 1.72 bits per heavy atom. The summed E-state index contributed by atoms with van der Waals surface area (Å²) in [6.45, 7) is 0. The highest BCUT2D eigenvalue weighted by Crippen LogP contribution is 2.26. The molecule has 0 aromatic heterocycles. The van der Waals surface area contributed by atoms with E-state index in [4.69, 9.17) is 11.6 Å². The summed E-state index contributed by atoms with van der Waals surface area (Å²) < 4.78 is 0. The zero-order valence-corrected chi connectivity index (χ0v) is 15.8.